The van der Waals surface area contributed by atoms with Crippen LogP contribution in [0.15, 0.2) is 24.3 Å². The number of aliphatic hydroxyl groups is 1. The molecule has 0 aromatic heterocycles. The van der Waals surface area contributed by atoms with E-state index < -0.39 is 0 Å². The lowest BCUT2D eigenvalue weighted by Crippen LogP contribution is -2.23. The smallest absolute Gasteiger partial charge is 0.0716 e. The molecule has 1 rings (SSSR count). The van der Waals surface area contributed by atoms with Crippen LogP contribution in [0.1, 0.15) is 30.5 Å². The van der Waals surface area contributed by atoms with E-state index in [0.717, 1.165) is 13.0 Å². The summed E-state index contributed by atoms with van der Waals surface area (Å²) in [7, 11) is 1.70. The largest absolute Gasteiger partial charge is 0.396 e. The molecule has 0 aliphatic carbocycles. The Labute approximate surface area is 97.4 Å². The lowest BCUT2D eigenvalue weighted by molar-refractivity contribution is 0.183. The molecule has 0 saturated carbocycles. The van der Waals surface area contributed by atoms with E-state index in [-0.39, 0.29) is 12.6 Å². The van der Waals surface area contributed by atoms with Gasteiger partial charge in [0.1, 0.15) is 0 Å². The first-order chi connectivity index (χ1) is 7.83. The fraction of sp³-hybridized carbons (Fsp3) is 0.538. The summed E-state index contributed by atoms with van der Waals surface area (Å²) in [4.78, 5) is 0. The van der Waals surface area contributed by atoms with Crippen LogP contribution >= 0.6 is 0 Å². The summed E-state index contributed by atoms with van der Waals surface area (Å²) in [6.07, 6.45) is 0.731. The Morgan fingerprint density at radius 3 is 2.75 bits per heavy atom. The SMILES string of the molecule is CCNC(CCO)c1ccccc1COC. The highest BCUT2D eigenvalue weighted by Crippen LogP contribution is 2.21. The van der Waals surface area contributed by atoms with Crippen LogP contribution in [-0.2, 0) is 11.3 Å². The molecule has 0 spiro atoms. The molecule has 1 atom stereocenters. The van der Waals surface area contributed by atoms with Crippen LogP contribution < -0.4 is 5.32 Å². The molecule has 0 saturated heterocycles. The molecule has 90 valence electrons. The highest BCUT2D eigenvalue weighted by Gasteiger charge is 2.12. The molecule has 0 heterocycles. The van der Waals surface area contributed by atoms with Gasteiger partial charge in [-0.3, -0.25) is 0 Å². The minimum atomic E-state index is 0.193. The van der Waals surface area contributed by atoms with Gasteiger partial charge in [0.2, 0.25) is 0 Å². The van der Waals surface area contributed by atoms with Crippen LogP contribution in [0.2, 0.25) is 0 Å². The van der Waals surface area contributed by atoms with Crippen LogP contribution in [0.3, 0.4) is 0 Å². The maximum atomic E-state index is 9.07. The van der Waals surface area contributed by atoms with Crippen molar-refractivity contribution in [1.82, 2.24) is 5.32 Å². The van der Waals surface area contributed by atoms with Crippen molar-refractivity contribution in [2.75, 3.05) is 20.3 Å². The van der Waals surface area contributed by atoms with Crippen molar-refractivity contribution in [3.63, 3.8) is 0 Å². The van der Waals surface area contributed by atoms with Gasteiger partial charge in [0.05, 0.1) is 6.61 Å². The second kappa shape index (κ2) is 7.39. The zero-order valence-electron chi connectivity index (χ0n) is 10.1. The molecule has 0 bridgehead atoms. The molecule has 0 aliphatic heterocycles. The number of ether oxygens (including phenoxy) is 1. The van der Waals surface area contributed by atoms with E-state index in [0.29, 0.717) is 6.61 Å². The summed E-state index contributed by atoms with van der Waals surface area (Å²) >= 11 is 0. The average molecular weight is 223 g/mol. The summed E-state index contributed by atoms with van der Waals surface area (Å²) in [5, 5.41) is 12.5. The third-order valence-corrected chi connectivity index (χ3v) is 2.60. The van der Waals surface area contributed by atoms with Gasteiger partial charge in [-0.1, -0.05) is 31.2 Å². The van der Waals surface area contributed by atoms with Crippen molar-refractivity contribution in [3.8, 4) is 0 Å². The van der Waals surface area contributed by atoms with Crippen LogP contribution in [0.4, 0.5) is 0 Å². The molecule has 1 aromatic rings. The Bertz CT molecular complexity index is 296. The van der Waals surface area contributed by atoms with Crippen molar-refractivity contribution < 1.29 is 9.84 Å². The zero-order valence-corrected chi connectivity index (χ0v) is 10.1. The fourth-order valence-corrected chi connectivity index (χ4v) is 1.90. The topological polar surface area (TPSA) is 41.5 Å². The summed E-state index contributed by atoms with van der Waals surface area (Å²) in [6.45, 7) is 3.78. The van der Waals surface area contributed by atoms with E-state index in [9.17, 15) is 0 Å². The highest BCUT2D eigenvalue weighted by atomic mass is 16.5. The van der Waals surface area contributed by atoms with Gasteiger partial charge in [-0.05, 0) is 24.1 Å². The Morgan fingerprint density at radius 2 is 2.12 bits per heavy atom. The Hall–Kier alpha value is -0.900. The minimum Gasteiger partial charge on any atom is -0.396 e. The molecule has 0 radical (unpaired) electrons. The lowest BCUT2D eigenvalue weighted by Gasteiger charge is -2.20. The Morgan fingerprint density at radius 1 is 1.38 bits per heavy atom. The number of rotatable bonds is 7. The van der Waals surface area contributed by atoms with E-state index in [1.807, 2.05) is 12.1 Å². The molecular weight excluding hydrogens is 202 g/mol. The molecule has 1 unspecified atom stereocenters. The minimum absolute atomic E-state index is 0.193. The van der Waals surface area contributed by atoms with Gasteiger partial charge in [0.15, 0.2) is 0 Å². The number of nitrogens with one attached hydrogen (secondary N) is 1. The van der Waals surface area contributed by atoms with E-state index in [1.54, 1.807) is 7.11 Å². The predicted molar refractivity (Wildman–Crippen MR) is 65.3 cm³/mol. The first-order valence-corrected chi connectivity index (χ1v) is 5.74. The van der Waals surface area contributed by atoms with Gasteiger partial charge < -0.3 is 15.2 Å². The van der Waals surface area contributed by atoms with Crippen molar-refractivity contribution in [1.29, 1.82) is 0 Å². The lowest BCUT2D eigenvalue weighted by atomic mass is 9.98. The molecule has 16 heavy (non-hydrogen) atoms. The number of benzene rings is 1. The Balaban J connectivity index is 2.87. The molecule has 1 aromatic carbocycles. The van der Waals surface area contributed by atoms with Gasteiger partial charge in [0.25, 0.3) is 0 Å². The third kappa shape index (κ3) is 3.59. The molecule has 3 nitrogen and oxygen atoms in total. The standard InChI is InChI=1S/C13H21NO2/c1-3-14-13(8-9-15)12-7-5-4-6-11(12)10-16-2/h4-7,13-15H,3,8-10H2,1-2H3. The predicted octanol–water partition coefficient (Wildman–Crippen LogP) is 1.87. The number of hydrogen-bond donors (Lipinski definition) is 2. The summed E-state index contributed by atoms with van der Waals surface area (Å²) in [6, 6.07) is 8.41. The van der Waals surface area contributed by atoms with Gasteiger partial charge >= 0.3 is 0 Å². The van der Waals surface area contributed by atoms with Gasteiger partial charge in [-0.15, -0.1) is 0 Å². The summed E-state index contributed by atoms with van der Waals surface area (Å²) < 4.78 is 5.18. The number of methoxy groups -OCH3 is 1. The van der Waals surface area contributed by atoms with Crippen molar-refractivity contribution in [2.24, 2.45) is 0 Å². The third-order valence-electron chi connectivity index (χ3n) is 2.60. The summed E-state index contributed by atoms with van der Waals surface area (Å²) in [5.41, 5.74) is 2.41. The van der Waals surface area contributed by atoms with Gasteiger partial charge in [-0.2, -0.15) is 0 Å². The number of hydrogen-bond acceptors (Lipinski definition) is 3. The quantitative estimate of drug-likeness (QED) is 0.741. The molecular formula is C13H21NO2. The van der Waals surface area contributed by atoms with Crippen LogP contribution in [0, 0.1) is 0 Å². The van der Waals surface area contributed by atoms with Crippen molar-refractivity contribution in [3.05, 3.63) is 35.4 Å². The van der Waals surface area contributed by atoms with Crippen LogP contribution in [0.25, 0.3) is 0 Å². The average Bonchev–Trinajstić information content (AvgIpc) is 2.30. The fourth-order valence-electron chi connectivity index (χ4n) is 1.90. The normalized spacial score (nSPS) is 12.7. The Kier molecular flexibility index (Phi) is 6.08. The van der Waals surface area contributed by atoms with Gasteiger partial charge in [0, 0.05) is 19.8 Å². The molecule has 3 heteroatoms. The molecule has 0 aliphatic rings. The first kappa shape index (κ1) is 13.2. The monoisotopic (exact) mass is 223 g/mol. The first-order valence-electron chi connectivity index (χ1n) is 5.74. The van der Waals surface area contributed by atoms with Crippen LogP contribution in [-0.4, -0.2) is 25.4 Å². The maximum Gasteiger partial charge on any atom is 0.0716 e. The maximum absolute atomic E-state index is 9.07. The molecule has 2 N–H and O–H groups in total. The highest BCUT2D eigenvalue weighted by molar-refractivity contribution is 5.29. The number of aliphatic hydroxyl groups excluding tert-OH is 1. The van der Waals surface area contributed by atoms with E-state index >= 15 is 0 Å². The molecule has 0 amide bonds. The second-order valence-electron chi connectivity index (χ2n) is 3.75. The van der Waals surface area contributed by atoms with E-state index in [2.05, 4.69) is 24.4 Å². The second-order valence-corrected chi connectivity index (χ2v) is 3.75. The van der Waals surface area contributed by atoms with Gasteiger partial charge in [-0.25, -0.2) is 0 Å². The summed E-state index contributed by atoms with van der Waals surface area (Å²) in [5.74, 6) is 0. The zero-order chi connectivity index (χ0) is 11.8. The van der Waals surface area contributed by atoms with Crippen molar-refractivity contribution in [2.45, 2.75) is 26.0 Å². The molecule has 0 fully saturated rings. The van der Waals surface area contributed by atoms with E-state index in [1.165, 1.54) is 11.1 Å². The van der Waals surface area contributed by atoms with Crippen molar-refractivity contribution >= 4 is 0 Å². The van der Waals surface area contributed by atoms with E-state index in [4.69, 9.17) is 9.84 Å². The van der Waals surface area contributed by atoms with Crippen LogP contribution in [0.5, 0.6) is 0 Å².